The Morgan fingerprint density at radius 2 is 0.412 bits per heavy atom. The number of ether oxygens (including phenoxy) is 4. The van der Waals surface area contributed by atoms with E-state index in [2.05, 4.69) is 55.4 Å². The molecule has 17 nitrogen and oxygen atoms in total. The van der Waals surface area contributed by atoms with Crippen molar-refractivity contribution >= 4 is 39.5 Å². The van der Waals surface area contributed by atoms with Crippen molar-refractivity contribution in [3.8, 4) is 0 Å². The fraction of sp³-hybridized carbons (Fsp3) is 0.952. The second-order valence-electron chi connectivity index (χ2n) is 31.8. The summed E-state index contributed by atoms with van der Waals surface area (Å²) >= 11 is 0. The third-order valence-electron chi connectivity index (χ3n) is 19.3. The van der Waals surface area contributed by atoms with Crippen LogP contribution >= 0.6 is 15.6 Å². The van der Waals surface area contributed by atoms with Crippen LogP contribution in [0.15, 0.2) is 0 Å². The monoisotopic (exact) mass is 1490 g/mol. The average molecular weight is 1490 g/mol. The van der Waals surface area contributed by atoms with Gasteiger partial charge in [-0.05, 0) is 49.4 Å². The first-order valence-electron chi connectivity index (χ1n) is 42.7. The molecule has 0 aromatic rings. The average Bonchev–Trinajstić information content (AvgIpc) is 0.918. The second kappa shape index (κ2) is 72.0. The van der Waals surface area contributed by atoms with Crippen LogP contribution in [0, 0.1) is 23.7 Å². The SMILES string of the molecule is CC(C)CCCCCCCCCCCCCCCCCC(=O)O[C@H](COC(=O)CCCCCCCCCCCCCCCCC(C)C)COP(=O)(O)OCC(O)COP(=O)(O)OC[C@@H](COC(=O)CCCCCCCCCC(C)C)OC(=O)CCCCCCCCCCCCCCCCC(C)C. The van der Waals surface area contributed by atoms with E-state index in [1.54, 1.807) is 0 Å². The smallest absolute Gasteiger partial charge is 0.462 e. The molecular formula is C83H162O17P2. The first-order valence-corrected chi connectivity index (χ1v) is 45.7. The summed E-state index contributed by atoms with van der Waals surface area (Å²) in [6.45, 7) is 14.3. The number of carbonyl (C=O) groups excluding carboxylic acids is 4. The number of phosphoric acid groups is 2. The number of aliphatic hydroxyl groups excluding tert-OH is 1. The minimum absolute atomic E-state index is 0.106. The van der Waals surface area contributed by atoms with Crippen LogP contribution in [0.3, 0.4) is 0 Å². The van der Waals surface area contributed by atoms with Crippen LogP contribution in [0.4, 0.5) is 0 Å². The van der Waals surface area contributed by atoms with Crippen LogP contribution in [-0.2, 0) is 65.4 Å². The van der Waals surface area contributed by atoms with E-state index in [0.717, 1.165) is 114 Å². The van der Waals surface area contributed by atoms with E-state index in [1.165, 1.54) is 225 Å². The predicted molar refractivity (Wildman–Crippen MR) is 418 cm³/mol. The van der Waals surface area contributed by atoms with E-state index in [4.69, 9.17) is 37.0 Å². The van der Waals surface area contributed by atoms with Gasteiger partial charge in [0.1, 0.15) is 19.3 Å². The molecule has 0 aliphatic heterocycles. The molecule has 0 heterocycles. The second-order valence-corrected chi connectivity index (χ2v) is 34.7. The van der Waals surface area contributed by atoms with Crippen LogP contribution in [0.25, 0.3) is 0 Å². The zero-order chi connectivity index (χ0) is 75.3. The molecule has 0 radical (unpaired) electrons. The van der Waals surface area contributed by atoms with Crippen molar-refractivity contribution in [3.63, 3.8) is 0 Å². The summed E-state index contributed by atoms with van der Waals surface area (Å²) < 4.78 is 68.8. The molecule has 0 rings (SSSR count). The number of phosphoric ester groups is 2. The van der Waals surface area contributed by atoms with Gasteiger partial charge in [-0.25, -0.2) is 9.13 Å². The van der Waals surface area contributed by atoms with Crippen LogP contribution in [0.2, 0.25) is 0 Å². The highest BCUT2D eigenvalue weighted by Gasteiger charge is 2.30. The Morgan fingerprint density at radius 1 is 0.245 bits per heavy atom. The van der Waals surface area contributed by atoms with Crippen LogP contribution in [0.1, 0.15) is 428 Å². The standard InChI is InChI=1S/C83H162O17P2/c1-73(2)59-51-43-35-28-22-16-10-9-11-20-26-32-40-49-57-65-82(87)99-78(69-93-80(85)63-55-47-39-31-25-19-14-12-17-23-29-36-44-52-60-74(3)4)71-97-101(89,90)95-67-77(84)68-96-102(91,92)98-72-79(70-94-81(86)64-56-48-42-34-38-46-54-62-76(7)8)100-83(88)66-58-50-41-33-27-21-15-13-18-24-30-37-45-53-61-75(5)6/h73-79,84H,9-72H2,1-8H3,(H,89,90)(H,91,92)/t77?,78-,79-/m1/s1. The maximum atomic E-state index is 13.1. The Hall–Kier alpha value is -1.94. The summed E-state index contributed by atoms with van der Waals surface area (Å²) in [4.78, 5) is 73.1. The Kier molecular flexibility index (Phi) is 70.6. The van der Waals surface area contributed by atoms with Crippen molar-refractivity contribution in [3.05, 3.63) is 0 Å². The Labute approximate surface area is 626 Å². The quantitative estimate of drug-likeness (QED) is 0.0222. The molecule has 19 heteroatoms. The number of unbranched alkanes of at least 4 members (excludes halogenated alkanes) is 46. The molecule has 0 aliphatic carbocycles. The van der Waals surface area contributed by atoms with E-state index in [9.17, 15) is 43.2 Å². The molecule has 0 aliphatic rings. The van der Waals surface area contributed by atoms with Gasteiger partial charge in [0.25, 0.3) is 0 Å². The fourth-order valence-electron chi connectivity index (χ4n) is 12.8. The molecule has 0 aromatic heterocycles. The van der Waals surface area contributed by atoms with Gasteiger partial charge in [-0.3, -0.25) is 37.3 Å². The largest absolute Gasteiger partial charge is 0.472 e. The van der Waals surface area contributed by atoms with E-state index in [1.807, 2.05) is 0 Å². The number of hydrogen-bond donors (Lipinski definition) is 3. The zero-order valence-electron chi connectivity index (χ0n) is 67.2. The summed E-state index contributed by atoms with van der Waals surface area (Å²) in [5, 5.41) is 10.7. The van der Waals surface area contributed by atoms with Crippen molar-refractivity contribution in [2.75, 3.05) is 39.6 Å². The van der Waals surface area contributed by atoms with Gasteiger partial charge in [-0.15, -0.1) is 0 Å². The van der Waals surface area contributed by atoms with Crippen molar-refractivity contribution in [1.29, 1.82) is 0 Å². The zero-order valence-corrected chi connectivity index (χ0v) is 69.0. The first kappa shape index (κ1) is 100. The lowest BCUT2D eigenvalue weighted by molar-refractivity contribution is -0.161. The van der Waals surface area contributed by atoms with Gasteiger partial charge in [0.15, 0.2) is 12.2 Å². The van der Waals surface area contributed by atoms with Gasteiger partial charge >= 0.3 is 39.5 Å². The highest BCUT2D eigenvalue weighted by atomic mass is 31.2. The van der Waals surface area contributed by atoms with E-state index >= 15 is 0 Å². The minimum Gasteiger partial charge on any atom is -0.462 e. The molecule has 0 aromatic carbocycles. The van der Waals surface area contributed by atoms with E-state index in [-0.39, 0.29) is 25.7 Å². The Morgan fingerprint density at radius 3 is 0.608 bits per heavy atom. The van der Waals surface area contributed by atoms with Gasteiger partial charge in [0.05, 0.1) is 26.4 Å². The van der Waals surface area contributed by atoms with Gasteiger partial charge < -0.3 is 33.8 Å². The van der Waals surface area contributed by atoms with Crippen molar-refractivity contribution in [2.24, 2.45) is 23.7 Å². The lowest BCUT2D eigenvalue weighted by Crippen LogP contribution is -2.30. The molecule has 102 heavy (non-hydrogen) atoms. The summed E-state index contributed by atoms with van der Waals surface area (Å²) in [5.74, 6) is 0.991. The minimum atomic E-state index is -4.96. The van der Waals surface area contributed by atoms with Gasteiger partial charge in [0.2, 0.25) is 0 Å². The normalized spacial score (nSPS) is 14.0. The molecule has 0 spiro atoms. The predicted octanol–water partition coefficient (Wildman–Crippen LogP) is 24.8. The molecule has 3 unspecified atom stereocenters. The summed E-state index contributed by atoms with van der Waals surface area (Å²) in [6.07, 6.45) is 59.7. The lowest BCUT2D eigenvalue weighted by Gasteiger charge is -2.21. The van der Waals surface area contributed by atoms with Crippen molar-refractivity contribution < 1.29 is 80.2 Å². The maximum absolute atomic E-state index is 13.1. The highest BCUT2D eigenvalue weighted by molar-refractivity contribution is 7.47. The number of esters is 4. The molecular weight excluding hydrogens is 1330 g/mol. The molecule has 0 bridgehead atoms. The first-order chi connectivity index (χ1) is 49.1. The highest BCUT2D eigenvalue weighted by Crippen LogP contribution is 2.45. The molecule has 0 fully saturated rings. The fourth-order valence-corrected chi connectivity index (χ4v) is 14.4. The van der Waals surface area contributed by atoms with Gasteiger partial charge in [-0.1, -0.05) is 376 Å². The molecule has 5 atom stereocenters. The van der Waals surface area contributed by atoms with Crippen molar-refractivity contribution in [2.45, 2.75) is 446 Å². The summed E-state index contributed by atoms with van der Waals surface area (Å²) in [5.41, 5.74) is 0. The third-order valence-corrected chi connectivity index (χ3v) is 21.2. The van der Waals surface area contributed by atoms with E-state index in [0.29, 0.717) is 31.6 Å². The van der Waals surface area contributed by atoms with Crippen molar-refractivity contribution in [1.82, 2.24) is 0 Å². The van der Waals surface area contributed by atoms with Crippen LogP contribution in [-0.4, -0.2) is 96.7 Å². The topological polar surface area (TPSA) is 237 Å². The molecule has 0 saturated heterocycles. The molecule has 0 amide bonds. The molecule has 0 saturated carbocycles. The number of hydrogen-bond acceptors (Lipinski definition) is 15. The van der Waals surface area contributed by atoms with E-state index < -0.39 is 97.5 Å². The molecule has 606 valence electrons. The summed E-state index contributed by atoms with van der Waals surface area (Å²) in [6, 6.07) is 0. The maximum Gasteiger partial charge on any atom is 0.472 e. The molecule has 3 N–H and O–H groups in total. The summed E-state index contributed by atoms with van der Waals surface area (Å²) in [7, 11) is -9.93. The Bertz CT molecular complexity index is 1990. The van der Waals surface area contributed by atoms with Crippen LogP contribution < -0.4 is 0 Å². The van der Waals surface area contributed by atoms with Gasteiger partial charge in [0, 0.05) is 25.7 Å². The number of rotatable bonds is 80. The van der Waals surface area contributed by atoms with Gasteiger partial charge in [-0.2, -0.15) is 0 Å². The third kappa shape index (κ3) is 76.3. The lowest BCUT2D eigenvalue weighted by atomic mass is 10.0. The Balaban J connectivity index is 5.24. The number of aliphatic hydroxyl groups is 1. The number of carbonyl (C=O) groups is 4. The van der Waals surface area contributed by atoms with Crippen LogP contribution in [0.5, 0.6) is 0 Å².